The molecule has 172 valence electrons. The van der Waals surface area contributed by atoms with E-state index in [0.29, 0.717) is 18.0 Å². The Kier molecular flexibility index (Phi) is 9.76. The minimum atomic E-state index is -0.334. The van der Waals surface area contributed by atoms with Gasteiger partial charge in [0.05, 0.1) is 11.3 Å². The third-order valence-corrected chi connectivity index (χ3v) is 4.79. The van der Waals surface area contributed by atoms with Crippen molar-refractivity contribution < 1.29 is 14.6 Å². The molecule has 0 fully saturated rings. The quantitative estimate of drug-likeness (QED) is 0.485. The van der Waals surface area contributed by atoms with Crippen LogP contribution in [0.2, 0.25) is 0 Å². The van der Waals surface area contributed by atoms with Crippen LogP contribution in [0.15, 0.2) is 55.4 Å². The second-order valence-corrected chi connectivity index (χ2v) is 7.60. The monoisotopic (exact) mass is 438 g/mol. The number of hydrogen-bond acceptors (Lipinski definition) is 6. The van der Waals surface area contributed by atoms with Crippen molar-refractivity contribution in [3.63, 3.8) is 0 Å². The van der Waals surface area contributed by atoms with Crippen LogP contribution in [0.5, 0.6) is 17.2 Å². The Bertz CT molecular complexity index is 941. The van der Waals surface area contributed by atoms with Gasteiger partial charge in [0.2, 0.25) is 0 Å². The molecule has 7 heteroatoms. The molecule has 2 rings (SSSR count). The van der Waals surface area contributed by atoms with Gasteiger partial charge >= 0.3 is 0 Å². The number of pyridine rings is 1. The molecule has 1 aromatic heterocycles. The number of aromatic nitrogens is 1. The molecule has 2 N–H and O–H groups in total. The molecule has 0 unspecified atom stereocenters. The second kappa shape index (κ2) is 12.5. The summed E-state index contributed by atoms with van der Waals surface area (Å²) in [5.74, 6) is 0.590. The van der Waals surface area contributed by atoms with Gasteiger partial charge in [-0.3, -0.25) is 9.78 Å². The van der Waals surface area contributed by atoms with Gasteiger partial charge in [0.25, 0.3) is 5.91 Å². The summed E-state index contributed by atoms with van der Waals surface area (Å²) in [6, 6.07) is 8.16. The smallest absolute Gasteiger partial charge is 0.255 e. The summed E-state index contributed by atoms with van der Waals surface area (Å²) < 4.78 is 5.94. The van der Waals surface area contributed by atoms with Crippen LogP contribution in [0.4, 0.5) is 0 Å². The van der Waals surface area contributed by atoms with Crippen molar-refractivity contribution >= 4 is 11.5 Å². The number of nitrogens with one attached hydrogen (secondary N) is 1. The molecule has 1 aromatic carbocycles. The summed E-state index contributed by atoms with van der Waals surface area (Å²) in [7, 11) is 3.85. The van der Waals surface area contributed by atoms with E-state index in [0.717, 1.165) is 37.3 Å². The Morgan fingerprint density at radius 2 is 1.94 bits per heavy atom. The number of ether oxygens (including phenoxy) is 1. The number of aromatic hydroxyl groups is 1. The summed E-state index contributed by atoms with van der Waals surface area (Å²) in [5, 5.41) is 13.1. The first-order chi connectivity index (χ1) is 15.4. The molecule has 0 radical (unpaired) electrons. The minimum absolute atomic E-state index is 0.0889. The van der Waals surface area contributed by atoms with Crippen LogP contribution >= 0.6 is 0 Å². The van der Waals surface area contributed by atoms with E-state index in [1.807, 2.05) is 25.2 Å². The molecule has 0 aliphatic carbocycles. The second-order valence-electron chi connectivity index (χ2n) is 7.60. The maximum atomic E-state index is 12.6. The number of carbonyl (C=O) groups excluding carboxylic acids is 1. The fourth-order valence-electron chi connectivity index (χ4n) is 3.20. The van der Waals surface area contributed by atoms with E-state index < -0.39 is 0 Å². The Balaban J connectivity index is 2.12. The SMILES string of the molecule is C=C/C(=C\N(C)C)c1cc(Oc2ccc(O)c(C(=O)NCCN(CC)CCC)c2)ccn1. The number of carbonyl (C=O) groups is 1. The molecule has 2 aromatic rings. The predicted molar refractivity (Wildman–Crippen MR) is 129 cm³/mol. The number of phenols is 1. The summed E-state index contributed by atoms with van der Waals surface area (Å²) in [5.41, 5.74) is 1.75. The molecule has 7 nitrogen and oxygen atoms in total. The predicted octanol–water partition coefficient (Wildman–Crippen LogP) is 4.13. The zero-order valence-corrected chi connectivity index (χ0v) is 19.5. The highest BCUT2D eigenvalue weighted by Crippen LogP contribution is 2.28. The van der Waals surface area contributed by atoms with Crippen molar-refractivity contribution in [2.24, 2.45) is 0 Å². The van der Waals surface area contributed by atoms with Crippen molar-refractivity contribution in [1.29, 1.82) is 0 Å². The molecule has 0 aliphatic rings. The number of likely N-dealkylation sites (N-methyl/N-ethyl adjacent to an activating group) is 1. The highest BCUT2D eigenvalue weighted by molar-refractivity contribution is 5.97. The van der Waals surface area contributed by atoms with Gasteiger partial charge in [-0.2, -0.15) is 0 Å². The lowest BCUT2D eigenvalue weighted by atomic mass is 10.1. The van der Waals surface area contributed by atoms with Crippen LogP contribution in [0, 0.1) is 0 Å². The van der Waals surface area contributed by atoms with Gasteiger partial charge in [-0.05, 0) is 43.8 Å². The third-order valence-electron chi connectivity index (χ3n) is 4.79. The van der Waals surface area contributed by atoms with Crippen molar-refractivity contribution in [3.8, 4) is 17.2 Å². The zero-order valence-electron chi connectivity index (χ0n) is 19.5. The lowest BCUT2D eigenvalue weighted by Crippen LogP contribution is -2.35. The first-order valence-corrected chi connectivity index (χ1v) is 10.9. The van der Waals surface area contributed by atoms with Gasteiger partial charge in [0.1, 0.15) is 17.2 Å². The standard InChI is InChI=1S/C25H34N4O3/c1-6-14-29(8-3)15-13-27-25(31)22-16-20(9-10-24(22)30)32-21-11-12-26-23(17-21)19(7-2)18-28(4)5/h7,9-12,16-18,30H,2,6,8,13-15H2,1,3-5H3,(H,27,31)/b19-18+. The molecular formula is C25H34N4O3. The summed E-state index contributed by atoms with van der Waals surface area (Å²) in [6.45, 7) is 11.3. The first kappa shape index (κ1) is 24.9. The maximum Gasteiger partial charge on any atom is 0.255 e. The van der Waals surface area contributed by atoms with Crippen molar-refractivity contribution in [1.82, 2.24) is 20.1 Å². The number of amides is 1. The normalized spacial score (nSPS) is 11.3. The molecule has 0 saturated heterocycles. The van der Waals surface area contributed by atoms with Crippen molar-refractivity contribution in [2.75, 3.05) is 40.3 Å². The van der Waals surface area contributed by atoms with E-state index in [1.165, 1.54) is 6.07 Å². The number of phenolic OH excluding ortho intramolecular Hbond substituents is 1. The number of allylic oxidation sites excluding steroid dienone is 2. The van der Waals surface area contributed by atoms with Gasteiger partial charge in [-0.1, -0.05) is 26.5 Å². The number of hydrogen-bond donors (Lipinski definition) is 2. The van der Waals surface area contributed by atoms with Crippen LogP contribution in [0.3, 0.4) is 0 Å². The highest BCUT2D eigenvalue weighted by atomic mass is 16.5. The van der Waals surface area contributed by atoms with E-state index in [1.54, 1.807) is 36.5 Å². The average Bonchev–Trinajstić information content (AvgIpc) is 2.78. The fourth-order valence-corrected chi connectivity index (χ4v) is 3.20. The Labute approximate surface area is 191 Å². The number of benzene rings is 1. The van der Waals surface area contributed by atoms with E-state index in [2.05, 4.69) is 35.6 Å². The van der Waals surface area contributed by atoms with Crippen LogP contribution < -0.4 is 10.1 Å². The van der Waals surface area contributed by atoms with E-state index in [4.69, 9.17) is 4.74 Å². The van der Waals surface area contributed by atoms with Crippen LogP contribution in [0.25, 0.3) is 5.57 Å². The molecule has 0 bridgehead atoms. The van der Waals surface area contributed by atoms with Crippen LogP contribution in [0.1, 0.15) is 36.3 Å². The largest absolute Gasteiger partial charge is 0.507 e. The Morgan fingerprint density at radius 1 is 1.19 bits per heavy atom. The molecule has 1 amide bonds. The van der Waals surface area contributed by atoms with Crippen molar-refractivity contribution in [2.45, 2.75) is 20.3 Å². The molecule has 0 atom stereocenters. The Morgan fingerprint density at radius 3 is 2.59 bits per heavy atom. The van der Waals surface area contributed by atoms with E-state index in [9.17, 15) is 9.90 Å². The molecule has 0 spiro atoms. The average molecular weight is 439 g/mol. The lowest BCUT2D eigenvalue weighted by Gasteiger charge is -2.19. The molecule has 1 heterocycles. The van der Waals surface area contributed by atoms with Crippen molar-refractivity contribution in [3.05, 3.63) is 66.6 Å². The molecule has 0 aliphatic heterocycles. The molecular weight excluding hydrogens is 404 g/mol. The van der Waals surface area contributed by atoms with Gasteiger partial charge in [0, 0.05) is 51.2 Å². The minimum Gasteiger partial charge on any atom is -0.507 e. The highest BCUT2D eigenvalue weighted by Gasteiger charge is 2.13. The lowest BCUT2D eigenvalue weighted by molar-refractivity contribution is 0.0945. The van der Waals surface area contributed by atoms with Gasteiger partial charge in [-0.25, -0.2) is 0 Å². The van der Waals surface area contributed by atoms with Gasteiger partial charge < -0.3 is 25.0 Å². The summed E-state index contributed by atoms with van der Waals surface area (Å²) in [4.78, 5) is 21.2. The van der Waals surface area contributed by atoms with Gasteiger partial charge in [0.15, 0.2) is 0 Å². The summed E-state index contributed by atoms with van der Waals surface area (Å²) in [6.07, 6.45) is 6.37. The molecule has 32 heavy (non-hydrogen) atoms. The van der Waals surface area contributed by atoms with E-state index in [-0.39, 0.29) is 17.2 Å². The number of rotatable bonds is 12. The fraction of sp³-hybridized carbons (Fsp3) is 0.360. The Hall–Kier alpha value is -3.32. The third kappa shape index (κ3) is 7.42. The topological polar surface area (TPSA) is 77.9 Å². The first-order valence-electron chi connectivity index (χ1n) is 10.9. The maximum absolute atomic E-state index is 12.6. The zero-order chi connectivity index (χ0) is 23.5. The van der Waals surface area contributed by atoms with Crippen LogP contribution in [-0.4, -0.2) is 66.1 Å². The number of nitrogens with zero attached hydrogens (tertiary/aromatic N) is 3. The molecule has 0 saturated carbocycles. The van der Waals surface area contributed by atoms with E-state index >= 15 is 0 Å². The van der Waals surface area contributed by atoms with Crippen LogP contribution in [-0.2, 0) is 0 Å². The van der Waals surface area contributed by atoms with Gasteiger partial charge in [-0.15, -0.1) is 0 Å². The summed E-state index contributed by atoms with van der Waals surface area (Å²) >= 11 is 0.